The number of carboxylic acid groups (broad SMARTS) is 1. The highest BCUT2D eigenvalue weighted by Gasteiger charge is 2.34. The van der Waals surface area contributed by atoms with Crippen molar-refractivity contribution in [2.45, 2.75) is 6.04 Å². The summed E-state index contributed by atoms with van der Waals surface area (Å²) in [5.74, 6) is -1.17. The Morgan fingerprint density at radius 1 is 1.38 bits per heavy atom. The number of nitrogens with zero attached hydrogens (tertiary/aromatic N) is 5. The van der Waals surface area contributed by atoms with E-state index in [1.807, 2.05) is 13.2 Å². The highest BCUT2D eigenvalue weighted by molar-refractivity contribution is 9.10. The Kier molecular flexibility index (Phi) is 3.28. The number of halogens is 1. The summed E-state index contributed by atoms with van der Waals surface area (Å²) in [5, 5.41) is 16.2. The molecule has 1 amide bonds. The molecular formula is C12H12BrN5O3. The van der Waals surface area contributed by atoms with Crippen molar-refractivity contribution in [1.29, 1.82) is 0 Å². The standard InChI is InChI=1S/C12H12BrN5O3/c1-16-3-7(13)2-10(16)11(19)17-4-8(5-17)18-6-9(12(20)21)14-15-18/h2-3,6,8H,4-5H2,1H3,(H,20,21). The van der Waals surface area contributed by atoms with Crippen molar-refractivity contribution in [3.63, 3.8) is 0 Å². The van der Waals surface area contributed by atoms with Gasteiger partial charge in [0, 0.05) is 30.8 Å². The summed E-state index contributed by atoms with van der Waals surface area (Å²) in [5.41, 5.74) is 0.510. The maximum absolute atomic E-state index is 12.3. The van der Waals surface area contributed by atoms with E-state index in [1.165, 1.54) is 10.9 Å². The number of carbonyl (C=O) groups excluding carboxylic acids is 1. The number of hydrogen-bond donors (Lipinski definition) is 1. The molecule has 8 nitrogen and oxygen atoms in total. The van der Waals surface area contributed by atoms with Crippen molar-refractivity contribution >= 4 is 27.8 Å². The van der Waals surface area contributed by atoms with Gasteiger partial charge in [0.2, 0.25) is 0 Å². The van der Waals surface area contributed by atoms with Crippen LogP contribution in [0.2, 0.25) is 0 Å². The van der Waals surface area contributed by atoms with Gasteiger partial charge < -0.3 is 14.6 Å². The zero-order valence-electron chi connectivity index (χ0n) is 11.1. The second-order valence-corrected chi connectivity index (χ2v) is 5.82. The van der Waals surface area contributed by atoms with Gasteiger partial charge in [0.15, 0.2) is 5.69 Å². The van der Waals surface area contributed by atoms with Gasteiger partial charge in [-0.2, -0.15) is 0 Å². The molecule has 3 heterocycles. The average Bonchev–Trinajstić information content (AvgIpc) is 2.94. The lowest BCUT2D eigenvalue weighted by atomic mass is 10.1. The minimum Gasteiger partial charge on any atom is -0.476 e. The number of carbonyl (C=O) groups is 2. The first-order chi connectivity index (χ1) is 9.95. The fourth-order valence-corrected chi connectivity index (χ4v) is 2.76. The van der Waals surface area contributed by atoms with Crippen LogP contribution in [0.25, 0.3) is 0 Å². The average molecular weight is 354 g/mol. The molecule has 2 aromatic rings. The van der Waals surface area contributed by atoms with Gasteiger partial charge >= 0.3 is 5.97 Å². The largest absolute Gasteiger partial charge is 0.476 e. The Balaban J connectivity index is 1.66. The molecule has 1 fully saturated rings. The second-order valence-electron chi connectivity index (χ2n) is 4.91. The minimum absolute atomic E-state index is 0.0294. The van der Waals surface area contributed by atoms with Crippen molar-refractivity contribution in [1.82, 2.24) is 24.5 Å². The minimum atomic E-state index is -1.11. The molecule has 0 bridgehead atoms. The van der Waals surface area contributed by atoms with Gasteiger partial charge in [-0.05, 0) is 22.0 Å². The number of likely N-dealkylation sites (tertiary alicyclic amines) is 1. The van der Waals surface area contributed by atoms with E-state index in [0.717, 1.165) is 4.47 Å². The van der Waals surface area contributed by atoms with Gasteiger partial charge in [0.1, 0.15) is 5.69 Å². The van der Waals surface area contributed by atoms with Gasteiger partial charge in [0.05, 0.1) is 12.2 Å². The third kappa shape index (κ3) is 2.44. The summed E-state index contributed by atoms with van der Waals surface area (Å²) in [6.45, 7) is 0.980. The highest BCUT2D eigenvalue weighted by Crippen LogP contribution is 2.24. The molecule has 0 spiro atoms. The summed E-state index contributed by atoms with van der Waals surface area (Å²) in [4.78, 5) is 24.7. The predicted octanol–water partition coefficient (Wildman–Crippen LogP) is 0.774. The number of carboxylic acids is 1. The molecule has 3 rings (SSSR count). The number of aryl methyl sites for hydroxylation is 1. The maximum Gasteiger partial charge on any atom is 0.358 e. The second kappa shape index (κ2) is 4.99. The molecule has 21 heavy (non-hydrogen) atoms. The Morgan fingerprint density at radius 3 is 2.62 bits per heavy atom. The van der Waals surface area contributed by atoms with E-state index in [9.17, 15) is 9.59 Å². The topological polar surface area (TPSA) is 93.2 Å². The van der Waals surface area contributed by atoms with Gasteiger partial charge in [0.25, 0.3) is 5.91 Å². The van der Waals surface area contributed by atoms with Crippen LogP contribution >= 0.6 is 15.9 Å². The predicted molar refractivity (Wildman–Crippen MR) is 75.0 cm³/mol. The number of aromatic nitrogens is 4. The molecule has 0 aliphatic carbocycles. The Hall–Kier alpha value is -2.16. The number of aromatic carboxylic acids is 1. The normalized spacial score (nSPS) is 15.0. The number of rotatable bonds is 3. The van der Waals surface area contributed by atoms with Crippen molar-refractivity contribution < 1.29 is 14.7 Å². The van der Waals surface area contributed by atoms with Crippen LogP contribution in [0.3, 0.4) is 0 Å². The lowest BCUT2D eigenvalue weighted by Crippen LogP contribution is -2.51. The smallest absolute Gasteiger partial charge is 0.358 e. The molecular weight excluding hydrogens is 342 g/mol. The first-order valence-electron chi connectivity index (χ1n) is 6.22. The zero-order chi connectivity index (χ0) is 15.1. The molecule has 9 heteroatoms. The summed E-state index contributed by atoms with van der Waals surface area (Å²) in [7, 11) is 1.81. The van der Waals surface area contributed by atoms with Gasteiger partial charge in [-0.25, -0.2) is 9.48 Å². The van der Waals surface area contributed by atoms with Gasteiger partial charge in [-0.3, -0.25) is 4.79 Å². The van der Waals surface area contributed by atoms with Gasteiger partial charge in [-0.1, -0.05) is 5.21 Å². The molecule has 0 radical (unpaired) electrons. The van der Waals surface area contributed by atoms with Crippen molar-refractivity contribution in [3.8, 4) is 0 Å². The Labute approximate surface area is 128 Å². The molecule has 1 saturated heterocycles. The van der Waals surface area contributed by atoms with Crippen LogP contribution in [0.5, 0.6) is 0 Å². The van der Waals surface area contributed by atoms with Gasteiger partial charge in [-0.15, -0.1) is 5.10 Å². The fourth-order valence-electron chi connectivity index (χ4n) is 2.24. The van der Waals surface area contributed by atoms with Crippen LogP contribution in [-0.2, 0) is 7.05 Å². The van der Waals surface area contributed by atoms with Crippen LogP contribution in [0.15, 0.2) is 22.9 Å². The lowest BCUT2D eigenvalue weighted by molar-refractivity contribution is 0.0488. The number of hydrogen-bond acceptors (Lipinski definition) is 4. The maximum atomic E-state index is 12.3. The van der Waals surface area contributed by atoms with Crippen molar-refractivity contribution in [3.05, 3.63) is 34.3 Å². The highest BCUT2D eigenvalue weighted by atomic mass is 79.9. The molecule has 1 aliphatic heterocycles. The molecule has 0 atom stereocenters. The van der Waals surface area contributed by atoms with E-state index in [2.05, 4.69) is 26.2 Å². The first kappa shape index (κ1) is 13.8. The van der Waals surface area contributed by atoms with Crippen LogP contribution in [0.4, 0.5) is 0 Å². The van der Waals surface area contributed by atoms with E-state index in [-0.39, 0.29) is 17.6 Å². The SMILES string of the molecule is Cn1cc(Br)cc1C(=O)N1CC(n2cc(C(=O)O)nn2)C1. The van der Waals surface area contributed by atoms with Crippen LogP contribution in [0.1, 0.15) is 27.0 Å². The zero-order valence-corrected chi connectivity index (χ0v) is 12.7. The van der Waals surface area contributed by atoms with Crippen molar-refractivity contribution in [2.75, 3.05) is 13.1 Å². The monoisotopic (exact) mass is 353 g/mol. The van der Waals surface area contributed by atoms with E-state index < -0.39 is 5.97 Å². The molecule has 110 valence electrons. The van der Waals surface area contributed by atoms with E-state index >= 15 is 0 Å². The molecule has 1 N–H and O–H groups in total. The summed E-state index contributed by atoms with van der Waals surface area (Å²) >= 11 is 3.34. The van der Waals surface area contributed by atoms with Crippen LogP contribution in [-0.4, -0.2) is 54.5 Å². The summed E-state index contributed by atoms with van der Waals surface area (Å²) in [6, 6.07) is 1.74. The third-order valence-electron chi connectivity index (χ3n) is 3.44. The van der Waals surface area contributed by atoms with Crippen LogP contribution < -0.4 is 0 Å². The third-order valence-corrected chi connectivity index (χ3v) is 3.88. The molecule has 0 aromatic carbocycles. The summed E-state index contributed by atoms with van der Waals surface area (Å²) < 4.78 is 4.11. The lowest BCUT2D eigenvalue weighted by Gasteiger charge is -2.38. The Morgan fingerprint density at radius 2 is 2.10 bits per heavy atom. The molecule has 2 aromatic heterocycles. The molecule has 0 unspecified atom stereocenters. The number of amides is 1. The fraction of sp³-hybridized carbons (Fsp3) is 0.333. The Bertz CT molecular complexity index is 716. The van der Waals surface area contributed by atoms with Crippen LogP contribution in [0, 0.1) is 0 Å². The quantitative estimate of drug-likeness (QED) is 0.879. The molecule has 1 aliphatic rings. The van der Waals surface area contributed by atoms with E-state index in [1.54, 1.807) is 15.5 Å². The van der Waals surface area contributed by atoms with E-state index in [4.69, 9.17) is 5.11 Å². The van der Waals surface area contributed by atoms with E-state index in [0.29, 0.717) is 18.8 Å². The first-order valence-corrected chi connectivity index (χ1v) is 7.01. The molecule has 0 saturated carbocycles. The summed E-state index contributed by atoms with van der Waals surface area (Å²) in [6.07, 6.45) is 3.20. The van der Waals surface area contributed by atoms with Crippen molar-refractivity contribution in [2.24, 2.45) is 7.05 Å².